The number of hydrogen-bond donors (Lipinski definition) is 2. The van der Waals surface area contributed by atoms with Gasteiger partial charge >= 0.3 is 0 Å². The minimum Gasteiger partial charge on any atom is -0.494 e. The van der Waals surface area contributed by atoms with Crippen molar-refractivity contribution < 1.29 is 19.1 Å². The molecule has 1 saturated carbocycles. The summed E-state index contributed by atoms with van der Waals surface area (Å²) >= 11 is 5.99. The van der Waals surface area contributed by atoms with Crippen molar-refractivity contribution in [2.24, 2.45) is 5.92 Å². The van der Waals surface area contributed by atoms with Crippen LogP contribution in [0.3, 0.4) is 0 Å². The summed E-state index contributed by atoms with van der Waals surface area (Å²) in [5, 5.41) is 0.650. The Morgan fingerprint density at radius 1 is 1.14 bits per heavy atom. The lowest BCUT2D eigenvalue weighted by molar-refractivity contribution is -0.133. The number of amides is 2. The van der Waals surface area contributed by atoms with E-state index < -0.39 is 12.0 Å². The highest BCUT2D eigenvalue weighted by Gasteiger charge is 2.44. The second-order valence-electron chi connectivity index (χ2n) is 6.65. The molecule has 6 nitrogen and oxygen atoms in total. The molecule has 2 N–H and O–H groups in total. The Balaban J connectivity index is 1.44. The van der Waals surface area contributed by atoms with Crippen molar-refractivity contribution in [3.63, 3.8) is 0 Å². The molecule has 0 bridgehead atoms. The Kier molecular flexibility index (Phi) is 6.41. The fourth-order valence-corrected chi connectivity index (χ4v) is 3.15. The number of rotatable bonds is 7. The second kappa shape index (κ2) is 8.97. The van der Waals surface area contributed by atoms with Gasteiger partial charge in [-0.1, -0.05) is 23.7 Å². The quantitative estimate of drug-likeness (QED) is 0.695. The van der Waals surface area contributed by atoms with E-state index in [0.717, 1.165) is 17.7 Å². The number of hydrogen-bond acceptors (Lipinski definition) is 4. The van der Waals surface area contributed by atoms with E-state index in [0.29, 0.717) is 17.4 Å². The molecule has 1 aliphatic carbocycles. The van der Waals surface area contributed by atoms with E-state index in [9.17, 15) is 9.59 Å². The van der Waals surface area contributed by atoms with Crippen LogP contribution in [0.2, 0.25) is 5.02 Å². The van der Waals surface area contributed by atoms with Crippen LogP contribution in [0.1, 0.15) is 31.7 Å². The van der Waals surface area contributed by atoms with Gasteiger partial charge in [0.25, 0.3) is 5.91 Å². The molecule has 0 radical (unpaired) electrons. The monoisotopic (exact) mass is 402 g/mol. The molecule has 2 aromatic rings. The predicted molar refractivity (Wildman–Crippen MR) is 106 cm³/mol. The summed E-state index contributed by atoms with van der Waals surface area (Å²) in [6, 6.07) is 14.5. The zero-order valence-electron chi connectivity index (χ0n) is 15.8. The zero-order valence-corrected chi connectivity index (χ0v) is 16.5. The highest BCUT2D eigenvalue weighted by atomic mass is 35.5. The average molecular weight is 403 g/mol. The van der Waals surface area contributed by atoms with E-state index in [4.69, 9.17) is 21.1 Å². The van der Waals surface area contributed by atoms with Gasteiger partial charge in [0.1, 0.15) is 11.5 Å². The molecule has 1 fully saturated rings. The molecule has 2 amide bonds. The lowest BCUT2D eigenvalue weighted by Gasteiger charge is -2.15. The van der Waals surface area contributed by atoms with Crippen LogP contribution < -0.4 is 20.3 Å². The Hall–Kier alpha value is -2.73. The van der Waals surface area contributed by atoms with Gasteiger partial charge in [0.15, 0.2) is 6.10 Å². The van der Waals surface area contributed by atoms with E-state index in [-0.39, 0.29) is 17.7 Å². The van der Waals surface area contributed by atoms with Gasteiger partial charge in [0, 0.05) is 10.9 Å². The van der Waals surface area contributed by atoms with Gasteiger partial charge in [-0.15, -0.1) is 0 Å². The van der Waals surface area contributed by atoms with Crippen LogP contribution in [0.15, 0.2) is 48.5 Å². The van der Waals surface area contributed by atoms with Crippen LogP contribution in [0.4, 0.5) is 0 Å². The molecule has 0 spiro atoms. The zero-order chi connectivity index (χ0) is 20.1. The molecule has 28 heavy (non-hydrogen) atoms. The van der Waals surface area contributed by atoms with Gasteiger partial charge in [-0.25, -0.2) is 0 Å². The van der Waals surface area contributed by atoms with Crippen molar-refractivity contribution >= 4 is 23.4 Å². The first-order valence-corrected chi connectivity index (χ1v) is 9.60. The molecule has 0 aromatic heterocycles. The minimum atomic E-state index is -0.763. The maximum absolute atomic E-state index is 12.2. The van der Waals surface area contributed by atoms with E-state index in [1.165, 1.54) is 0 Å². The van der Waals surface area contributed by atoms with Crippen molar-refractivity contribution in [1.29, 1.82) is 0 Å². The molecular weight excluding hydrogens is 380 g/mol. The lowest BCUT2D eigenvalue weighted by Crippen LogP contribution is -2.47. The first-order valence-electron chi connectivity index (χ1n) is 9.22. The molecule has 3 rings (SSSR count). The highest BCUT2D eigenvalue weighted by molar-refractivity contribution is 6.30. The summed E-state index contributed by atoms with van der Waals surface area (Å²) in [5.41, 5.74) is 5.94. The van der Waals surface area contributed by atoms with E-state index >= 15 is 0 Å². The number of ether oxygens (including phenoxy) is 2. The summed E-state index contributed by atoms with van der Waals surface area (Å²) < 4.78 is 11.0. The maximum Gasteiger partial charge on any atom is 0.279 e. The molecule has 0 saturated heterocycles. The first-order chi connectivity index (χ1) is 13.5. The Bertz CT molecular complexity index is 841. The van der Waals surface area contributed by atoms with Crippen LogP contribution in [0, 0.1) is 5.92 Å². The Labute approximate surface area is 169 Å². The van der Waals surface area contributed by atoms with Crippen LogP contribution >= 0.6 is 11.6 Å². The number of carbonyl (C=O) groups is 2. The number of halogens is 1. The van der Waals surface area contributed by atoms with Crippen LogP contribution in [0.5, 0.6) is 11.5 Å². The molecule has 3 atom stereocenters. The van der Waals surface area contributed by atoms with E-state index in [1.807, 2.05) is 25.1 Å². The third-order valence-electron chi connectivity index (χ3n) is 4.53. The van der Waals surface area contributed by atoms with Gasteiger partial charge in [-0.3, -0.25) is 20.4 Å². The molecule has 148 valence electrons. The van der Waals surface area contributed by atoms with Crippen LogP contribution in [-0.4, -0.2) is 24.5 Å². The van der Waals surface area contributed by atoms with Gasteiger partial charge in [-0.2, -0.15) is 0 Å². The summed E-state index contributed by atoms with van der Waals surface area (Å²) in [4.78, 5) is 24.4. The third-order valence-corrected chi connectivity index (χ3v) is 4.76. The van der Waals surface area contributed by atoms with Crippen molar-refractivity contribution in [2.75, 3.05) is 6.61 Å². The van der Waals surface area contributed by atoms with Crippen molar-refractivity contribution in [3.8, 4) is 11.5 Å². The van der Waals surface area contributed by atoms with Crippen molar-refractivity contribution in [3.05, 3.63) is 59.1 Å². The van der Waals surface area contributed by atoms with E-state index in [1.54, 1.807) is 37.3 Å². The van der Waals surface area contributed by atoms with Crippen molar-refractivity contribution in [1.82, 2.24) is 10.9 Å². The third kappa shape index (κ3) is 5.16. The van der Waals surface area contributed by atoms with Gasteiger partial charge in [0.2, 0.25) is 5.91 Å². The number of benzene rings is 2. The molecule has 0 aliphatic heterocycles. The van der Waals surface area contributed by atoms with E-state index in [2.05, 4.69) is 10.9 Å². The molecule has 2 aromatic carbocycles. The Morgan fingerprint density at radius 2 is 1.86 bits per heavy atom. The number of hydrazine groups is 1. The van der Waals surface area contributed by atoms with Crippen LogP contribution in [0.25, 0.3) is 0 Å². The Morgan fingerprint density at radius 3 is 2.54 bits per heavy atom. The fraction of sp³-hybridized carbons (Fsp3) is 0.333. The first kappa shape index (κ1) is 20.0. The summed E-state index contributed by atoms with van der Waals surface area (Å²) in [6.07, 6.45) is -0.0264. The second-order valence-corrected chi connectivity index (χ2v) is 7.08. The smallest absolute Gasteiger partial charge is 0.279 e. The average Bonchev–Trinajstić information content (AvgIpc) is 3.48. The van der Waals surface area contributed by atoms with Crippen LogP contribution in [-0.2, 0) is 9.59 Å². The fourth-order valence-electron chi connectivity index (χ4n) is 2.95. The molecule has 1 aliphatic rings. The molecule has 0 heterocycles. The minimum absolute atomic E-state index is 0.133. The standard InChI is InChI=1S/C21H23ClN2O4/c1-3-27-16-7-9-17(10-8-16)28-13(2)20(25)23-24-21(26)19-12-18(19)14-5-4-6-15(22)11-14/h4-11,13,18-19H,3,12H2,1-2H3,(H,23,25)(H,24,26). The topological polar surface area (TPSA) is 76.7 Å². The maximum atomic E-state index is 12.2. The SMILES string of the molecule is CCOc1ccc(OC(C)C(=O)NNC(=O)C2CC2c2cccc(Cl)c2)cc1. The molecule has 3 unspecified atom stereocenters. The number of nitrogens with one attached hydrogen (secondary N) is 2. The lowest BCUT2D eigenvalue weighted by atomic mass is 10.1. The van der Waals surface area contributed by atoms with Crippen molar-refractivity contribution in [2.45, 2.75) is 32.3 Å². The largest absolute Gasteiger partial charge is 0.494 e. The molecular formula is C21H23ClN2O4. The number of carbonyl (C=O) groups excluding carboxylic acids is 2. The van der Waals surface area contributed by atoms with Gasteiger partial charge in [-0.05, 0) is 68.1 Å². The predicted octanol–water partition coefficient (Wildman–Crippen LogP) is 3.46. The van der Waals surface area contributed by atoms with Gasteiger partial charge in [0.05, 0.1) is 6.61 Å². The highest BCUT2D eigenvalue weighted by Crippen LogP contribution is 2.47. The van der Waals surface area contributed by atoms with Gasteiger partial charge < -0.3 is 9.47 Å². The summed E-state index contributed by atoms with van der Waals surface area (Å²) in [6.45, 7) is 4.10. The normalized spacial score (nSPS) is 18.7. The summed E-state index contributed by atoms with van der Waals surface area (Å²) in [5.74, 6) is 0.599. The summed E-state index contributed by atoms with van der Waals surface area (Å²) in [7, 11) is 0. The molecule has 7 heteroatoms.